The third kappa shape index (κ3) is 5.24. The molecule has 1 unspecified atom stereocenters. The molecule has 0 saturated carbocycles. The summed E-state index contributed by atoms with van der Waals surface area (Å²) in [5.74, 6) is 1.54. The molecule has 0 saturated heterocycles. The molecule has 0 heterocycles. The summed E-state index contributed by atoms with van der Waals surface area (Å²) in [6.45, 7) is 3.25. The maximum Gasteiger partial charge on any atom is 0.161 e. The van der Waals surface area contributed by atoms with Gasteiger partial charge in [-0.2, -0.15) is 0 Å². The zero-order chi connectivity index (χ0) is 19.1. The van der Waals surface area contributed by atoms with Crippen molar-refractivity contribution in [3.63, 3.8) is 0 Å². The maximum absolute atomic E-state index is 5.42. The molecule has 0 aromatic heterocycles. The highest BCUT2D eigenvalue weighted by Gasteiger charge is 2.07. The van der Waals surface area contributed by atoms with Crippen LogP contribution >= 0.6 is 0 Å². The van der Waals surface area contributed by atoms with E-state index < -0.39 is 0 Å². The Labute approximate surface area is 162 Å². The Bertz CT molecular complexity index is 861. The van der Waals surface area contributed by atoms with E-state index in [1.165, 1.54) is 21.9 Å². The van der Waals surface area contributed by atoms with E-state index in [4.69, 9.17) is 9.47 Å². The van der Waals surface area contributed by atoms with Gasteiger partial charge < -0.3 is 14.8 Å². The van der Waals surface area contributed by atoms with E-state index >= 15 is 0 Å². The van der Waals surface area contributed by atoms with E-state index in [0.717, 1.165) is 37.3 Å². The van der Waals surface area contributed by atoms with Gasteiger partial charge in [0.1, 0.15) is 0 Å². The summed E-state index contributed by atoms with van der Waals surface area (Å²) in [7, 11) is 3.34. The molecule has 1 N–H and O–H groups in total. The Balaban J connectivity index is 1.53. The van der Waals surface area contributed by atoms with E-state index in [1.807, 2.05) is 12.1 Å². The van der Waals surface area contributed by atoms with Crippen molar-refractivity contribution in [1.82, 2.24) is 5.32 Å². The van der Waals surface area contributed by atoms with Gasteiger partial charge in [0.05, 0.1) is 14.2 Å². The minimum atomic E-state index is 0.509. The first-order valence-electron chi connectivity index (χ1n) is 9.61. The lowest BCUT2D eigenvalue weighted by Crippen LogP contribution is -2.28. The number of hydrogen-bond donors (Lipinski definition) is 1. The molecule has 0 spiro atoms. The van der Waals surface area contributed by atoms with Crippen LogP contribution in [0, 0.1) is 0 Å². The molecule has 3 heteroatoms. The summed E-state index contributed by atoms with van der Waals surface area (Å²) in [5, 5.41) is 6.00. The third-order valence-electron chi connectivity index (χ3n) is 5.02. The van der Waals surface area contributed by atoms with Crippen LogP contribution in [-0.4, -0.2) is 26.8 Å². The first kappa shape index (κ1) is 19.2. The number of aryl methyl sites for hydroxylation is 1. The first-order chi connectivity index (χ1) is 13.2. The number of hydrogen-bond acceptors (Lipinski definition) is 3. The molecule has 0 aliphatic heterocycles. The summed E-state index contributed by atoms with van der Waals surface area (Å²) in [6.07, 6.45) is 3.28. The largest absolute Gasteiger partial charge is 0.493 e. The maximum atomic E-state index is 5.42. The Morgan fingerprint density at radius 3 is 2.19 bits per heavy atom. The lowest BCUT2D eigenvalue weighted by atomic mass is 10.0. The van der Waals surface area contributed by atoms with Gasteiger partial charge in [0.2, 0.25) is 0 Å². The van der Waals surface area contributed by atoms with E-state index in [1.54, 1.807) is 14.2 Å². The van der Waals surface area contributed by atoms with Gasteiger partial charge >= 0.3 is 0 Å². The Hall–Kier alpha value is -2.52. The molecule has 0 fully saturated rings. The molecule has 142 valence electrons. The Kier molecular flexibility index (Phi) is 6.72. The SMILES string of the molecule is COc1cc2ccc(CCNC(C)CCc3ccccc3)cc2cc1OC. The smallest absolute Gasteiger partial charge is 0.161 e. The number of benzene rings is 3. The fraction of sp³-hybridized carbons (Fsp3) is 0.333. The first-order valence-corrected chi connectivity index (χ1v) is 9.61. The van der Waals surface area contributed by atoms with Gasteiger partial charge in [-0.05, 0) is 66.8 Å². The van der Waals surface area contributed by atoms with Crippen molar-refractivity contribution < 1.29 is 9.47 Å². The number of nitrogens with one attached hydrogen (secondary N) is 1. The summed E-state index contributed by atoms with van der Waals surface area (Å²) in [5.41, 5.74) is 2.74. The highest BCUT2D eigenvalue weighted by atomic mass is 16.5. The topological polar surface area (TPSA) is 30.5 Å². The van der Waals surface area contributed by atoms with E-state index in [9.17, 15) is 0 Å². The Morgan fingerprint density at radius 1 is 0.778 bits per heavy atom. The van der Waals surface area contributed by atoms with E-state index in [-0.39, 0.29) is 0 Å². The molecule has 0 aliphatic carbocycles. The number of rotatable bonds is 9. The van der Waals surface area contributed by atoms with Crippen LogP contribution in [0.3, 0.4) is 0 Å². The lowest BCUT2D eigenvalue weighted by molar-refractivity contribution is 0.356. The van der Waals surface area contributed by atoms with Crippen LogP contribution in [0.15, 0.2) is 60.7 Å². The van der Waals surface area contributed by atoms with Crippen molar-refractivity contribution >= 4 is 10.8 Å². The lowest BCUT2D eigenvalue weighted by Gasteiger charge is -2.14. The zero-order valence-corrected chi connectivity index (χ0v) is 16.5. The van der Waals surface area contributed by atoms with Gasteiger partial charge in [0, 0.05) is 6.04 Å². The highest BCUT2D eigenvalue weighted by Crippen LogP contribution is 2.32. The van der Waals surface area contributed by atoms with Gasteiger partial charge in [0.15, 0.2) is 11.5 Å². The standard InChI is InChI=1S/C24H29NO2/c1-18(9-10-19-7-5-4-6-8-19)25-14-13-20-11-12-21-16-23(26-2)24(27-3)17-22(21)15-20/h4-8,11-12,15-18,25H,9-10,13-14H2,1-3H3. The average molecular weight is 364 g/mol. The number of methoxy groups -OCH3 is 2. The van der Waals surface area contributed by atoms with Crippen LogP contribution in [0.25, 0.3) is 10.8 Å². The molecule has 0 aliphatic rings. The molecular formula is C24H29NO2. The minimum absolute atomic E-state index is 0.509. The normalized spacial score (nSPS) is 12.1. The third-order valence-corrected chi connectivity index (χ3v) is 5.02. The van der Waals surface area contributed by atoms with Gasteiger partial charge in [-0.1, -0.05) is 48.5 Å². The average Bonchev–Trinajstić information content (AvgIpc) is 2.71. The van der Waals surface area contributed by atoms with Gasteiger partial charge in [-0.25, -0.2) is 0 Å². The van der Waals surface area contributed by atoms with Crippen LogP contribution in [0.1, 0.15) is 24.5 Å². The van der Waals surface area contributed by atoms with Crippen molar-refractivity contribution in [1.29, 1.82) is 0 Å². The zero-order valence-electron chi connectivity index (χ0n) is 16.5. The van der Waals surface area contributed by atoms with E-state index in [0.29, 0.717) is 6.04 Å². The van der Waals surface area contributed by atoms with Gasteiger partial charge in [-0.15, -0.1) is 0 Å². The van der Waals surface area contributed by atoms with Crippen LogP contribution in [0.5, 0.6) is 11.5 Å². The minimum Gasteiger partial charge on any atom is -0.493 e. The van der Waals surface area contributed by atoms with Crippen LogP contribution < -0.4 is 14.8 Å². The predicted octanol–water partition coefficient (Wildman–Crippen LogP) is 5.01. The molecule has 3 aromatic rings. The molecule has 3 nitrogen and oxygen atoms in total. The molecule has 0 bridgehead atoms. The van der Waals surface area contributed by atoms with Crippen molar-refractivity contribution in [2.45, 2.75) is 32.2 Å². The van der Waals surface area contributed by atoms with Crippen LogP contribution in [0.4, 0.5) is 0 Å². The van der Waals surface area contributed by atoms with Crippen molar-refractivity contribution in [3.05, 3.63) is 71.8 Å². The molecule has 3 aromatic carbocycles. The number of ether oxygens (including phenoxy) is 2. The summed E-state index contributed by atoms with van der Waals surface area (Å²) >= 11 is 0. The second-order valence-corrected chi connectivity index (χ2v) is 7.02. The fourth-order valence-corrected chi connectivity index (χ4v) is 3.37. The summed E-state index contributed by atoms with van der Waals surface area (Å²) in [6, 6.07) is 21.9. The summed E-state index contributed by atoms with van der Waals surface area (Å²) < 4.78 is 10.8. The monoisotopic (exact) mass is 363 g/mol. The van der Waals surface area contributed by atoms with Crippen molar-refractivity contribution in [2.24, 2.45) is 0 Å². The molecule has 3 rings (SSSR count). The van der Waals surface area contributed by atoms with Crippen LogP contribution in [-0.2, 0) is 12.8 Å². The molecule has 0 radical (unpaired) electrons. The quantitative estimate of drug-likeness (QED) is 0.580. The van der Waals surface area contributed by atoms with E-state index in [2.05, 4.69) is 60.8 Å². The molecular weight excluding hydrogens is 334 g/mol. The Morgan fingerprint density at radius 2 is 1.48 bits per heavy atom. The van der Waals surface area contributed by atoms with Crippen molar-refractivity contribution in [3.8, 4) is 11.5 Å². The summed E-state index contributed by atoms with van der Waals surface area (Å²) in [4.78, 5) is 0. The second-order valence-electron chi connectivity index (χ2n) is 7.02. The molecule has 0 amide bonds. The number of fused-ring (bicyclic) bond motifs is 1. The van der Waals surface area contributed by atoms with Gasteiger partial charge in [0.25, 0.3) is 0 Å². The van der Waals surface area contributed by atoms with Crippen molar-refractivity contribution in [2.75, 3.05) is 20.8 Å². The molecule has 27 heavy (non-hydrogen) atoms. The predicted molar refractivity (Wildman–Crippen MR) is 113 cm³/mol. The molecule has 1 atom stereocenters. The fourth-order valence-electron chi connectivity index (χ4n) is 3.37. The van der Waals surface area contributed by atoms with Crippen LogP contribution in [0.2, 0.25) is 0 Å². The highest BCUT2D eigenvalue weighted by molar-refractivity contribution is 5.86. The second kappa shape index (κ2) is 9.43. The van der Waals surface area contributed by atoms with Gasteiger partial charge in [-0.3, -0.25) is 0 Å².